The first kappa shape index (κ1) is 26.7. The van der Waals surface area contributed by atoms with Gasteiger partial charge in [-0.2, -0.15) is 0 Å². The maximum Gasteiger partial charge on any atom is 0.238 e. The lowest BCUT2D eigenvalue weighted by Gasteiger charge is -2.29. The molecule has 11 heteroatoms. The molecule has 0 radical (unpaired) electrons. The Labute approximate surface area is 241 Å². The third-order valence-corrected chi connectivity index (χ3v) is 8.81. The van der Waals surface area contributed by atoms with Crippen LogP contribution in [-0.4, -0.2) is 50.0 Å². The lowest BCUT2D eigenvalue weighted by atomic mass is 10.1. The van der Waals surface area contributed by atoms with Crippen LogP contribution >= 0.6 is 15.9 Å². The van der Waals surface area contributed by atoms with Gasteiger partial charge < -0.3 is 19.5 Å². The highest BCUT2D eigenvalue weighted by Gasteiger charge is 2.26. The molecule has 0 saturated carbocycles. The summed E-state index contributed by atoms with van der Waals surface area (Å²) in [7, 11) is -3.83. The van der Waals surface area contributed by atoms with Crippen molar-refractivity contribution in [3.05, 3.63) is 87.9 Å². The summed E-state index contributed by atoms with van der Waals surface area (Å²) >= 11 is 3.59. The molecule has 9 nitrogen and oxygen atoms in total. The zero-order chi connectivity index (χ0) is 28.0. The number of rotatable bonds is 6. The van der Waals surface area contributed by atoms with Crippen LogP contribution in [-0.2, 0) is 21.2 Å². The average Bonchev–Trinajstić information content (AvgIpc) is 3.51. The van der Waals surface area contributed by atoms with Gasteiger partial charge in [-0.15, -0.1) is 0 Å². The average molecular weight is 622 g/mol. The van der Waals surface area contributed by atoms with E-state index in [1.54, 1.807) is 18.3 Å². The molecule has 2 aromatic heterocycles. The van der Waals surface area contributed by atoms with Crippen molar-refractivity contribution in [1.29, 1.82) is 0 Å². The predicted molar refractivity (Wildman–Crippen MR) is 161 cm³/mol. The number of anilines is 3. The van der Waals surface area contributed by atoms with Gasteiger partial charge >= 0.3 is 0 Å². The largest absolute Gasteiger partial charge is 0.378 e. The Morgan fingerprint density at radius 3 is 2.55 bits per heavy atom. The van der Waals surface area contributed by atoms with Crippen LogP contribution in [0.2, 0.25) is 0 Å². The molecular weight excluding hydrogens is 592 g/mol. The van der Waals surface area contributed by atoms with E-state index in [0.717, 1.165) is 76.2 Å². The van der Waals surface area contributed by atoms with Gasteiger partial charge in [0, 0.05) is 59.7 Å². The first-order valence-corrected chi connectivity index (χ1v) is 15.3. The van der Waals surface area contributed by atoms with Gasteiger partial charge in [0.05, 0.1) is 39.7 Å². The maximum absolute atomic E-state index is 11.9. The summed E-state index contributed by atoms with van der Waals surface area (Å²) in [6.07, 6.45) is 2.33. The van der Waals surface area contributed by atoms with Crippen LogP contribution in [0.15, 0.2) is 75.2 Å². The normalized spacial score (nSPS) is 15.2. The second kappa shape index (κ2) is 10.5. The highest BCUT2D eigenvalue weighted by atomic mass is 79.9. The standard InChI is InChI=1S/C29H29BrN6O3S/c1-18-13-24(19(2)36(18)22-7-4-6-21(15-22)35-9-11-39-12-10-35)26-16-27-29(34-26)28(25(30)17-32-27)33-20-5-3-8-23(14-20)40(31,37)38/h3-8,13-15,17H,9-12,16H2,1-2H3,(H,32,33)(H2,31,37,38). The maximum atomic E-state index is 11.9. The Morgan fingerprint density at radius 2 is 1.77 bits per heavy atom. The molecule has 0 unspecified atom stereocenters. The van der Waals surface area contributed by atoms with Crippen molar-refractivity contribution in [3.8, 4) is 5.69 Å². The molecule has 4 aromatic rings. The van der Waals surface area contributed by atoms with E-state index in [1.807, 2.05) is 0 Å². The van der Waals surface area contributed by atoms with Gasteiger partial charge in [-0.25, -0.2) is 18.5 Å². The first-order chi connectivity index (χ1) is 19.2. The second-order valence-electron chi connectivity index (χ2n) is 9.95. The Morgan fingerprint density at radius 1 is 1.02 bits per heavy atom. The molecule has 0 bridgehead atoms. The molecule has 0 amide bonds. The molecule has 3 N–H and O–H groups in total. The molecule has 6 rings (SSSR count). The number of nitrogens with zero attached hydrogens (tertiary/aromatic N) is 4. The van der Waals surface area contributed by atoms with Crippen molar-refractivity contribution in [2.45, 2.75) is 25.2 Å². The van der Waals surface area contributed by atoms with Crippen LogP contribution in [0.25, 0.3) is 5.69 Å². The summed E-state index contributed by atoms with van der Waals surface area (Å²) in [5.74, 6) is 0. The van der Waals surface area contributed by atoms with Crippen LogP contribution in [0.4, 0.5) is 22.7 Å². The first-order valence-electron chi connectivity index (χ1n) is 13.0. The van der Waals surface area contributed by atoms with E-state index in [4.69, 9.17) is 14.9 Å². The van der Waals surface area contributed by atoms with E-state index in [1.165, 1.54) is 17.8 Å². The van der Waals surface area contributed by atoms with E-state index < -0.39 is 10.0 Å². The second-order valence-corrected chi connectivity index (χ2v) is 12.4. The number of benzene rings is 2. The molecule has 0 spiro atoms. The number of pyridine rings is 1. The molecule has 40 heavy (non-hydrogen) atoms. The van der Waals surface area contributed by atoms with Gasteiger partial charge in [0.2, 0.25) is 10.0 Å². The van der Waals surface area contributed by atoms with Gasteiger partial charge in [-0.1, -0.05) is 12.1 Å². The van der Waals surface area contributed by atoms with Gasteiger partial charge in [-0.3, -0.25) is 4.98 Å². The van der Waals surface area contributed by atoms with E-state index in [2.05, 4.69) is 79.9 Å². The monoisotopic (exact) mass is 620 g/mol. The summed E-state index contributed by atoms with van der Waals surface area (Å²) in [5.41, 5.74) is 9.43. The Hall–Kier alpha value is -3.51. The number of aromatic nitrogens is 2. The summed E-state index contributed by atoms with van der Waals surface area (Å²) in [4.78, 5) is 12.1. The van der Waals surface area contributed by atoms with Gasteiger partial charge in [0.1, 0.15) is 5.69 Å². The molecule has 0 aliphatic carbocycles. The number of nitrogens with two attached hydrogens (primary N) is 1. The topological polar surface area (TPSA) is 115 Å². The Kier molecular flexibility index (Phi) is 6.99. The van der Waals surface area contributed by atoms with Crippen molar-refractivity contribution < 1.29 is 13.2 Å². The third-order valence-electron chi connectivity index (χ3n) is 7.30. The van der Waals surface area contributed by atoms with Crippen LogP contribution in [0.3, 0.4) is 0 Å². The molecule has 2 aliphatic heterocycles. The fraction of sp³-hybridized carbons (Fsp3) is 0.241. The molecule has 4 heterocycles. The quantitative estimate of drug-likeness (QED) is 0.308. The molecule has 1 fully saturated rings. The highest BCUT2D eigenvalue weighted by Crippen LogP contribution is 2.41. The number of fused-ring (bicyclic) bond motifs is 1. The number of ether oxygens (including phenoxy) is 1. The molecule has 206 valence electrons. The van der Waals surface area contributed by atoms with Crippen LogP contribution in [0.1, 0.15) is 22.6 Å². The number of aryl methyl sites for hydroxylation is 1. The predicted octanol–water partition coefficient (Wildman–Crippen LogP) is 5.16. The fourth-order valence-electron chi connectivity index (χ4n) is 5.37. The van der Waals surface area contributed by atoms with Crippen LogP contribution < -0.4 is 15.4 Å². The molecule has 0 atom stereocenters. The fourth-order valence-corrected chi connectivity index (χ4v) is 6.32. The molecule has 2 aromatic carbocycles. The van der Waals surface area contributed by atoms with E-state index in [-0.39, 0.29) is 4.90 Å². The highest BCUT2D eigenvalue weighted by molar-refractivity contribution is 9.10. The van der Waals surface area contributed by atoms with Crippen LogP contribution in [0, 0.1) is 13.8 Å². The SMILES string of the molecule is Cc1cc(C2=Nc3c(ncc(Br)c3Nc3cccc(S(N)(=O)=O)c3)C2)c(C)n1-c1cccc(N2CCOCC2)c1. The summed E-state index contributed by atoms with van der Waals surface area (Å²) < 4.78 is 32.2. The lowest BCUT2D eigenvalue weighted by molar-refractivity contribution is 0.122. The zero-order valence-electron chi connectivity index (χ0n) is 22.2. The molecule has 1 saturated heterocycles. The summed E-state index contributed by atoms with van der Waals surface area (Å²) in [6.45, 7) is 7.50. The number of hydrogen-bond acceptors (Lipinski definition) is 7. The molecule has 2 aliphatic rings. The summed E-state index contributed by atoms with van der Waals surface area (Å²) in [5, 5.41) is 8.65. The Bertz CT molecular complexity index is 1760. The molecular formula is C29H29BrN6O3S. The lowest BCUT2D eigenvalue weighted by Crippen LogP contribution is -2.36. The van der Waals surface area contributed by atoms with Gasteiger partial charge in [0.25, 0.3) is 0 Å². The number of hydrogen-bond donors (Lipinski definition) is 2. The third kappa shape index (κ3) is 5.05. The van der Waals surface area contributed by atoms with Crippen molar-refractivity contribution in [2.75, 3.05) is 36.5 Å². The number of morpholine rings is 1. The van der Waals surface area contributed by atoms with Crippen LogP contribution in [0.5, 0.6) is 0 Å². The van der Waals surface area contributed by atoms with E-state index in [9.17, 15) is 8.42 Å². The Balaban J connectivity index is 1.34. The minimum Gasteiger partial charge on any atom is -0.378 e. The number of primary sulfonamides is 1. The minimum absolute atomic E-state index is 0.0358. The number of sulfonamides is 1. The van der Waals surface area contributed by atoms with Gasteiger partial charge in [-0.05, 0) is 72.2 Å². The smallest absolute Gasteiger partial charge is 0.238 e. The van der Waals surface area contributed by atoms with Crippen molar-refractivity contribution in [3.63, 3.8) is 0 Å². The van der Waals surface area contributed by atoms with Gasteiger partial charge in [0.15, 0.2) is 0 Å². The zero-order valence-corrected chi connectivity index (χ0v) is 24.6. The summed E-state index contributed by atoms with van der Waals surface area (Å²) in [6, 6.07) is 17.2. The number of aliphatic imine (C=N–C) groups is 1. The number of halogens is 1. The minimum atomic E-state index is -3.83. The van der Waals surface area contributed by atoms with Crippen molar-refractivity contribution in [2.24, 2.45) is 10.1 Å². The van der Waals surface area contributed by atoms with Crippen molar-refractivity contribution >= 4 is 54.4 Å². The van der Waals surface area contributed by atoms with E-state index in [0.29, 0.717) is 12.1 Å². The number of nitrogens with one attached hydrogen (secondary N) is 1. The van der Waals surface area contributed by atoms with Crippen molar-refractivity contribution in [1.82, 2.24) is 9.55 Å². The van der Waals surface area contributed by atoms with E-state index >= 15 is 0 Å².